The van der Waals surface area contributed by atoms with Crippen molar-refractivity contribution in [3.8, 4) is 22.3 Å². The molecule has 1 heteroatoms. The Morgan fingerprint density at radius 1 is 0.378 bits per heavy atom. The molecule has 0 saturated carbocycles. The zero-order valence-electron chi connectivity index (χ0n) is 26.2. The van der Waals surface area contributed by atoms with Crippen LogP contribution in [0, 0.1) is 0 Å². The van der Waals surface area contributed by atoms with Gasteiger partial charge in [-0.3, -0.25) is 0 Å². The van der Waals surface area contributed by atoms with E-state index in [-0.39, 0.29) is 10.8 Å². The van der Waals surface area contributed by atoms with Gasteiger partial charge in [-0.25, -0.2) is 0 Å². The van der Waals surface area contributed by atoms with E-state index in [2.05, 4.69) is 172 Å². The largest absolute Gasteiger partial charge is 0.310 e. The second-order valence-corrected chi connectivity index (χ2v) is 13.8. The van der Waals surface area contributed by atoms with E-state index in [1.807, 2.05) is 0 Å². The monoisotopic (exact) mass is 577 g/mol. The zero-order chi connectivity index (χ0) is 30.5. The van der Waals surface area contributed by atoms with Crippen LogP contribution in [-0.2, 0) is 10.8 Å². The normalized spacial score (nSPS) is 15.0. The van der Waals surface area contributed by atoms with Crippen LogP contribution in [0.15, 0.2) is 140 Å². The van der Waals surface area contributed by atoms with E-state index in [0.717, 1.165) is 0 Å². The summed E-state index contributed by atoms with van der Waals surface area (Å²) in [6, 6.07) is 52.1. The maximum absolute atomic E-state index is 2.50. The fraction of sp³-hybridized carbons (Fsp3) is 0.136. The van der Waals surface area contributed by atoms with Gasteiger partial charge >= 0.3 is 0 Å². The molecule has 0 spiro atoms. The highest BCUT2D eigenvalue weighted by Gasteiger charge is 2.37. The standard InChI is InChI=1S/C44H35N/c1-43(2)38-17-9-7-14-33(38)35-24-21-29(26-40(35)43)45(42-19-11-16-32-31-13-6-5-12-28(31)20-23-37(32)42)30-22-25-36-34-15-8-10-18-39(34)44(3,4)41(36)27-30/h5-27H,1-4H3. The molecule has 0 unspecified atom stereocenters. The maximum Gasteiger partial charge on any atom is 0.0540 e. The van der Waals surface area contributed by atoms with Crippen LogP contribution in [0.2, 0.25) is 0 Å². The summed E-state index contributed by atoms with van der Waals surface area (Å²) in [5, 5.41) is 5.08. The molecule has 0 bridgehead atoms. The lowest BCUT2D eigenvalue weighted by Gasteiger charge is -2.30. The van der Waals surface area contributed by atoms with Crippen molar-refractivity contribution in [1.82, 2.24) is 0 Å². The van der Waals surface area contributed by atoms with Gasteiger partial charge in [-0.2, -0.15) is 0 Å². The van der Waals surface area contributed by atoms with Gasteiger partial charge < -0.3 is 4.90 Å². The Morgan fingerprint density at radius 2 is 0.889 bits per heavy atom. The molecule has 0 saturated heterocycles. The van der Waals surface area contributed by atoms with E-state index in [4.69, 9.17) is 0 Å². The third kappa shape index (κ3) is 3.61. The summed E-state index contributed by atoms with van der Waals surface area (Å²) in [5.41, 5.74) is 14.4. The highest BCUT2D eigenvalue weighted by Crippen LogP contribution is 2.53. The van der Waals surface area contributed by atoms with E-state index in [1.165, 1.54) is 83.1 Å². The minimum atomic E-state index is -0.0792. The molecule has 0 aromatic heterocycles. The first-order valence-corrected chi connectivity index (χ1v) is 16.0. The molecule has 0 atom stereocenters. The van der Waals surface area contributed by atoms with Gasteiger partial charge in [0.25, 0.3) is 0 Å². The molecule has 0 heterocycles. The predicted molar refractivity (Wildman–Crippen MR) is 191 cm³/mol. The van der Waals surface area contributed by atoms with Gasteiger partial charge in [-0.1, -0.05) is 137 Å². The van der Waals surface area contributed by atoms with Crippen molar-refractivity contribution < 1.29 is 0 Å². The zero-order valence-corrected chi connectivity index (χ0v) is 26.2. The molecular weight excluding hydrogens is 542 g/mol. The SMILES string of the molecule is CC1(C)c2ccccc2-c2ccc(N(c3ccc4c(c3)C(C)(C)c3ccccc3-4)c3cccc4c3ccc3ccccc34)cc21. The summed E-state index contributed by atoms with van der Waals surface area (Å²) in [4.78, 5) is 2.50. The highest BCUT2D eigenvalue weighted by molar-refractivity contribution is 6.12. The van der Waals surface area contributed by atoms with Gasteiger partial charge in [-0.15, -0.1) is 0 Å². The third-order valence-electron chi connectivity index (χ3n) is 10.7. The molecule has 7 aromatic rings. The highest BCUT2D eigenvalue weighted by atomic mass is 15.1. The number of nitrogens with zero attached hydrogens (tertiary/aromatic N) is 1. The number of hydrogen-bond acceptors (Lipinski definition) is 1. The first-order chi connectivity index (χ1) is 21.8. The molecule has 7 aromatic carbocycles. The van der Waals surface area contributed by atoms with Crippen molar-refractivity contribution in [1.29, 1.82) is 0 Å². The molecule has 2 aliphatic carbocycles. The van der Waals surface area contributed by atoms with E-state index >= 15 is 0 Å². The van der Waals surface area contributed by atoms with Gasteiger partial charge in [-0.05, 0) is 91.0 Å². The minimum absolute atomic E-state index is 0.0792. The first-order valence-electron chi connectivity index (χ1n) is 16.0. The Hall–Kier alpha value is -5.14. The van der Waals surface area contributed by atoms with Crippen molar-refractivity contribution in [2.24, 2.45) is 0 Å². The lowest BCUT2D eigenvalue weighted by molar-refractivity contribution is 0.660. The molecule has 0 amide bonds. The molecule has 0 N–H and O–H groups in total. The summed E-state index contributed by atoms with van der Waals surface area (Å²) in [6.45, 7) is 9.46. The Morgan fingerprint density at radius 3 is 1.51 bits per heavy atom. The number of anilines is 3. The summed E-state index contributed by atoms with van der Waals surface area (Å²) in [6.07, 6.45) is 0. The van der Waals surface area contributed by atoms with Crippen molar-refractivity contribution in [2.45, 2.75) is 38.5 Å². The molecule has 2 aliphatic rings. The molecule has 45 heavy (non-hydrogen) atoms. The van der Waals surface area contributed by atoms with Gasteiger partial charge in [0, 0.05) is 27.6 Å². The first kappa shape index (κ1) is 26.3. The Bertz CT molecular complexity index is 2230. The number of rotatable bonds is 3. The second kappa shape index (κ2) is 9.19. The molecular formula is C44H35N. The van der Waals surface area contributed by atoms with Crippen LogP contribution < -0.4 is 4.90 Å². The topological polar surface area (TPSA) is 3.24 Å². The van der Waals surface area contributed by atoms with E-state index in [0.29, 0.717) is 0 Å². The minimum Gasteiger partial charge on any atom is -0.310 e. The number of fused-ring (bicyclic) bond motifs is 9. The maximum atomic E-state index is 2.50. The summed E-state index contributed by atoms with van der Waals surface area (Å²) in [7, 11) is 0. The Labute approximate surface area is 265 Å². The molecule has 0 fully saturated rings. The molecule has 9 rings (SSSR count). The molecule has 1 nitrogen and oxygen atoms in total. The van der Waals surface area contributed by atoms with E-state index in [9.17, 15) is 0 Å². The summed E-state index contributed by atoms with van der Waals surface area (Å²) >= 11 is 0. The van der Waals surface area contributed by atoms with Crippen molar-refractivity contribution in [3.63, 3.8) is 0 Å². The smallest absolute Gasteiger partial charge is 0.0540 e. The summed E-state index contributed by atoms with van der Waals surface area (Å²) in [5.74, 6) is 0. The van der Waals surface area contributed by atoms with Crippen LogP contribution in [0.1, 0.15) is 49.9 Å². The van der Waals surface area contributed by atoms with Crippen LogP contribution in [-0.4, -0.2) is 0 Å². The van der Waals surface area contributed by atoms with Crippen molar-refractivity contribution in [3.05, 3.63) is 162 Å². The van der Waals surface area contributed by atoms with E-state index < -0.39 is 0 Å². The Balaban J connectivity index is 1.31. The van der Waals surface area contributed by atoms with Crippen molar-refractivity contribution in [2.75, 3.05) is 4.90 Å². The van der Waals surface area contributed by atoms with Crippen LogP contribution in [0.5, 0.6) is 0 Å². The van der Waals surface area contributed by atoms with Crippen LogP contribution in [0.3, 0.4) is 0 Å². The average Bonchev–Trinajstić information content (AvgIpc) is 3.44. The van der Waals surface area contributed by atoms with E-state index in [1.54, 1.807) is 0 Å². The van der Waals surface area contributed by atoms with Crippen molar-refractivity contribution >= 4 is 38.6 Å². The molecule has 216 valence electrons. The van der Waals surface area contributed by atoms with Crippen LogP contribution >= 0.6 is 0 Å². The summed E-state index contributed by atoms with van der Waals surface area (Å²) < 4.78 is 0. The predicted octanol–water partition coefficient (Wildman–Crippen LogP) is 12.1. The van der Waals surface area contributed by atoms with Gasteiger partial charge in [0.2, 0.25) is 0 Å². The quantitative estimate of drug-likeness (QED) is 0.189. The third-order valence-corrected chi connectivity index (χ3v) is 10.7. The number of benzene rings is 7. The molecule has 0 radical (unpaired) electrons. The fourth-order valence-corrected chi connectivity index (χ4v) is 8.31. The lowest BCUT2D eigenvalue weighted by Crippen LogP contribution is -2.18. The van der Waals surface area contributed by atoms with Gasteiger partial charge in [0.05, 0.1) is 5.69 Å². The lowest BCUT2D eigenvalue weighted by atomic mass is 9.82. The van der Waals surface area contributed by atoms with Crippen LogP contribution in [0.25, 0.3) is 43.8 Å². The average molecular weight is 578 g/mol. The second-order valence-electron chi connectivity index (χ2n) is 13.8. The fourth-order valence-electron chi connectivity index (χ4n) is 8.31. The number of hydrogen-bond donors (Lipinski definition) is 0. The Kier molecular flexibility index (Phi) is 5.37. The molecule has 0 aliphatic heterocycles. The van der Waals surface area contributed by atoms with Crippen LogP contribution in [0.4, 0.5) is 17.1 Å². The van der Waals surface area contributed by atoms with Gasteiger partial charge in [0.15, 0.2) is 0 Å². The van der Waals surface area contributed by atoms with Gasteiger partial charge in [0.1, 0.15) is 0 Å².